The lowest BCUT2D eigenvalue weighted by Crippen LogP contribution is -2.33. The van der Waals surface area contributed by atoms with Crippen molar-refractivity contribution in [1.82, 2.24) is 0 Å². The van der Waals surface area contributed by atoms with E-state index in [1.54, 1.807) is 6.07 Å². The zero-order valence-corrected chi connectivity index (χ0v) is 19.8. The molecule has 33 heavy (non-hydrogen) atoms. The smallest absolute Gasteiger partial charge is 0.323 e. The third-order valence-corrected chi connectivity index (χ3v) is 6.47. The van der Waals surface area contributed by atoms with Crippen LogP contribution in [0.5, 0.6) is 5.75 Å². The molecule has 0 aromatic heterocycles. The van der Waals surface area contributed by atoms with Gasteiger partial charge in [-0.3, -0.25) is 4.79 Å². The molecule has 0 spiro atoms. The third kappa shape index (κ3) is 8.64. The lowest BCUT2D eigenvalue weighted by Gasteiger charge is -2.30. The van der Waals surface area contributed by atoms with Crippen molar-refractivity contribution in [3.63, 3.8) is 0 Å². The quantitative estimate of drug-likeness (QED) is 0.448. The molecule has 1 saturated heterocycles. The highest BCUT2D eigenvalue weighted by Crippen LogP contribution is 2.26. The van der Waals surface area contributed by atoms with Crippen molar-refractivity contribution in [2.45, 2.75) is 56.7 Å². The van der Waals surface area contributed by atoms with Crippen LogP contribution in [0.2, 0.25) is 0 Å². The van der Waals surface area contributed by atoms with Gasteiger partial charge in [-0.15, -0.1) is 0 Å². The Morgan fingerprint density at radius 3 is 2.79 bits per heavy atom. The van der Waals surface area contributed by atoms with Crippen LogP contribution in [0.4, 0.5) is 0 Å². The first kappa shape index (κ1) is 25.5. The summed E-state index contributed by atoms with van der Waals surface area (Å²) in [4.78, 5) is 11.4. The molecule has 8 heteroatoms. The highest BCUT2D eigenvalue weighted by atomic mass is 32.2. The first-order chi connectivity index (χ1) is 16.0. The minimum Gasteiger partial charge on any atom is -0.508 e. The number of phenols is 1. The second-order valence-corrected chi connectivity index (χ2v) is 9.07. The predicted molar refractivity (Wildman–Crippen MR) is 128 cm³/mol. The fourth-order valence-corrected chi connectivity index (χ4v) is 4.50. The summed E-state index contributed by atoms with van der Waals surface area (Å²) >= 11 is 1.47. The standard InChI is InChI=1S/C25H33NO6S/c1-29-25(28)22(26)17-33-16-20-12-19(10-11-23(20)27)14-31-24-9-5-8-21(32-24)15-30-13-18-6-3-2-4-7-18/h2-4,6-7,10-12,21-22,24,27H,5,8-9,13-17,26H2,1H3. The fraction of sp³-hybridized carbons (Fsp3) is 0.480. The first-order valence-electron chi connectivity index (χ1n) is 11.2. The summed E-state index contributed by atoms with van der Waals surface area (Å²) in [5.74, 6) is 0.717. The molecule has 3 unspecified atom stereocenters. The molecule has 1 fully saturated rings. The molecule has 0 bridgehead atoms. The van der Waals surface area contributed by atoms with Gasteiger partial charge in [0.2, 0.25) is 0 Å². The van der Waals surface area contributed by atoms with Gasteiger partial charge in [0, 0.05) is 17.1 Å². The van der Waals surface area contributed by atoms with Gasteiger partial charge in [0.1, 0.15) is 11.8 Å². The zero-order chi connectivity index (χ0) is 23.5. The van der Waals surface area contributed by atoms with Gasteiger partial charge in [-0.25, -0.2) is 0 Å². The van der Waals surface area contributed by atoms with E-state index >= 15 is 0 Å². The summed E-state index contributed by atoms with van der Waals surface area (Å²) in [5, 5.41) is 10.2. The average Bonchev–Trinajstić information content (AvgIpc) is 2.84. The van der Waals surface area contributed by atoms with Gasteiger partial charge in [-0.1, -0.05) is 36.4 Å². The highest BCUT2D eigenvalue weighted by molar-refractivity contribution is 7.98. The molecule has 0 aliphatic carbocycles. The molecule has 2 aromatic carbocycles. The van der Waals surface area contributed by atoms with Gasteiger partial charge >= 0.3 is 5.97 Å². The summed E-state index contributed by atoms with van der Waals surface area (Å²) in [7, 11) is 1.32. The van der Waals surface area contributed by atoms with Crippen LogP contribution >= 0.6 is 11.8 Å². The number of phenolic OH excluding ortho intramolecular Hbond substituents is 1. The van der Waals surface area contributed by atoms with Crippen molar-refractivity contribution < 1.29 is 28.8 Å². The van der Waals surface area contributed by atoms with Gasteiger partial charge in [0.05, 0.1) is 33.0 Å². The topological polar surface area (TPSA) is 100 Å². The van der Waals surface area contributed by atoms with E-state index in [-0.39, 0.29) is 18.1 Å². The van der Waals surface area contributed by atoms with Crippen molar-refractivity contribution in [3.8, 4) is 5.75 Å². The first-order valence-corrected chi connectivity index (χ1v) is 12.3. The summed E-state index contributed by atoms with van der Waals surface area (Å²) in [6, 6.07) is 14.8. The number of aromatic hydroxyl groups is 1. The molecule has 1 aliphatic heterocycles. The van der Waals surface area contributed by atoms with Crippen LogP contribution in [-0.4, -0.2) is 49.0 Å². The van der Waals surface area contributed by atoms with Crippen molar-refractivity contribution >= 4 is 17.7 Å². The van der Waals surface area contributed by atoms with E-state index < -0.39 is 12.0 Å². The number of thioether (sulfide) groups is 1. The molecule has 3 rings (SSSR count). The number of esters is 1. The SMILES string of the molecule is COC(=O)C(N)CSCc1cc(COC2CCCC(COCc3ccccc3)O2)ccc1O. The van der Waals surface area contributed by atoms with Crippen LogP contribution in [0, 0.1) is 0 Å². The van der Waals surface area contributed by atoms with Crippen molar-refractivity contribution in [3.05, 3.63) is 65.2 Å². The monoisotopic (exact) mass is 475 g/mol. The molecule has 1 aliphatic rings. The second-order valence-electron chi connectivity index (χ2n) is 8.04. The van der Waals surface area contributed by atoms with Crippen LogP contribution in [0.1, 0.15) is 36.0 Å². The van der Waals surface area contributed by atoms with Crippen molar-refractivity contribution in [2.24, 2.45) is 5.73 Å². The van der Waals surface area contributed by atoms with E-state index in [0.29, 0.717) is 31.3 Å². The van der Waals surface area contributed by atoms with Gasteiger partial charge < -0.3 is 29.8 Å². The van der Waals surface area contributed by atoms with Gasteiger partial charge in [0.25, 0.3) is 0 Å². The molecule has 180 valence electrons. The number of carbonyl (C=O) groups is 1. The Kier molecular flexibility index (Phi) is 10.5. The normalized spacial score (nSPS) is 19.2. The third-order valence-electron chi connectivity index (χ3n) is 5.36. The van der Waals surface area contributed by atoms with Gasteiger partial charge in [0.15, 0.2) is 6.29 Å². The number of rotatable bonds is 12. The molecule has 3 N–H and O–H groups in total. The van der Waals surface area contributed by atoms with Crippen molar-refractivity contribution in [1.29, 1.82) is 0 Å². The Hall–Kier alpha value is -2.10. The summed E-state index contributed by atoms with van der Waals surface area (Å²) < 4.78 is 22.5. The average molecular weight is 476 g/mol. The molecule has 1 heterocycles. The maximum absolute atomic E-state index is 11.4. The Balaban J connectivity index is 1.41. The molecule has 0 amide bonds. The Bertz CT molecular complexity index is 865. The van der Waals surface area contributed by atoms with E-state index in [9.17, 15) is 9.90 Å². The summed E-state index contributed by atoms with van der Waals surface area (Å²) in [6.07, 6.45) is 2.60. The molecule has 3 atom stereocenters. The van der Waals surface area contributed by atoms with Gasteiger partial charge in [-0.2, -0.15) is 11.8 Å². The van der Waals surface area contributed by atoms with E-state index in [2.05, 4.69) is 4.74 Å². The lowest BCUT2D eigenvalue weighted by molar-refractivity contribution is -0.210. The number of benzene rings is 2. The van der Waals surface area contributed by atoms with Crippen LogP contribution in [0.25, 0.3) is 0 Å². The van der Waals surface area contributed by atoms with Crippen LogP contribution in [-0.2, 0) is 42.7 Å². The molecule has 2 aromatic rings. The number of carbonyl (C=O) groups excluding carboxylic acids is 1. The highest BCUT2D eigenvalue weighted by Gasteiger charge is 2.23. The van der Waals surface area contributed by atoms with E-state index in [0.717, 1.165) is 36.0 Å². The van der Waals surface area contributed by atoms with E-state index in [4.69, 9.17) is 19.9 Å². The number of hydrogen-bond acceptors (Lipinski definition) is 8. The largest absolute Gasteiger partial charge is 0.508 e. The van der Waals surface area contributed by atoms with E-state index in [1.165, 1.54) is 18.9 Å². The number of hydrogen-bond donors (Lipinski definition) is 2. The Morgan fingerprint density at radius 1 is 1.18 bits per heavy atom. The minimum atomic E-state index is -0.679. The van der Waals surface area contributed by atoms with Crippen LogP contribution < -0.4 is 5.73 Å². The van der Waals surface area contributed by atoms with Gasteiger partial charge in [-0.05, 0) is 42.5 Å². The van der Waals surface area contributed by atoms with Crippen LogP contribution in [0.3, 0.4) is 0 Å². The number of ether oxygens (including phenoxy) is 4. The summed E-state index contributed by atoms with van der Waals surface area (Å²) in [6.45, 7) is 1.51. The number of methoxy groups -OCH3 is 1. The predicted octanol–water partition coefficient (Wildman–Crippen LogP) is 3.75. The molecular formula is C25H33NO6S. The Morgan fingerprint density at radius 2 is 2.00 bits per heavy atom. The van der Waals surface area contributed by atoms with Crippen LogP contribution in [0.15, 0.2) is 48.5 Å². The minimum absolute atomic E-state index is 0.0262. The lowest BCUT2D eigenvalue weighted by atomic mass is 10.1. The maximum atomic E-state index is 11.4. The van der Waals surface area contributed by atoms with E-state index in [1.807, 2.05) is 42.5 Å². The maximum Gasteiger partial charge on any atom is 0.323 e. The molecule has 0 radical (unpaired) electrons. The van der Waals surface area contributed by atoms with Crippen molar-refractivity contribution in [2.75, 3.05) is 19.5 Å². The molecular weight excluding hydrogens is 442 g/mol. The molecule has 7 nitrogen and oxygen atoms in total. The summed E-state index contributed by atoms with van der Waals surface area (Å²) in [5.41, 5.74) is 8.63. The molecule has 0 saturated carbocycles. The number of nitrogens with two attached hydrogens (primary N) is 1. The zero-order valence-electron chi connectivity index (χ0n) is 19.0. The fourth-order valence-electron chi connectivity index (χ4n) is 3.54. The second kappa shape index (κ2) is 13.6. The Labute approximate surface area is 199 Å².